The quantitative estimate of drug-likeness (QED) is 0.914. The number of amides is 1. The van der Waals surface area contributed by atoms with E-state index in [1.165, 1.54) is 0 Å². The molecule has 0 spiro atoms. The molecule has 20 heavy (non-hydrogen) atoms. The molecule has 3 rings (SSSR count). The monoisotopic (exact) mass is 290 g/mol. The molecular weight excluding hydrogens is 272 g/mol. The Morgan fingerprint density at radius 2 is 2.10 bits per heavy atom. The Bertz CT molecular complexity index is 611. The number of aryl methyl sites for hydroxylation is 1. The van der Waals surface area contributed by atoms with Gasteiger partial charge in [-0.3, -0.25) is 9.36 Å². The van der Waals surface area contributed by atoms with Crippen LogP contribution in [0.25, 0.3) is 5.13 Å². The molecule has 0 atom stereocenters. The van der Waals surface area contributed by atoms with Gasteiger partial charge in [0.15, 0.2) is 5.13 Å². The fraction of sp³-hybridized carbons (Fsp3) is 0.429. The van der Waals surface area contributed by atoms with Crippen LogP contribution in [0.1, 0.15) is 21.7 Å². The van der Waals surface area contributed by atoms with E-state index < -0.39 is 0 Å². The van der Waals surface area contributed by atoms with Gasteiger partial charge in [0.25, 0.3) is 5.91 Å². The largest absolute Gasteiger partial charge is 0.336 e. The standard InChI is InChI=1S/C14H18N4OS/c1-10-9-12(13(19)17-6-3-15-4-7-17)11(2)18(10)14-16-5-8-20-14/h5,8-9,15H,3-4,6-7H2,1-2H3. The summed E-state index contributed by atoms with van der Waals surface area (Å²) in [4.78, 5) is 18.9. The van der Waals surface area contributed by atoms with Gasteiger partial charge in [0, 0.05) is 49.1 Å². The third-order valence-electron chi connectivity index (χ3n) is 3.68. The van der Waals surface area contributed by atoms with E-state index in [4.69, 9.17) is 0 Å². The lowest BCUT2D eigenvalue weighted by Gasteiger charge is -2.27. The summed E-state index contributed by atoms with van der Waals surface area (Å²) < 4.78 is 2.06. The lowest BCUT2D eigenvalue weighted by Crippen LogP contribution is -2.46. The molecule has 1 aliphatic rings. The Morgan fingerprint density at radius 3 is 2.75 bits per heavy atom. The van der Waals surface area contributed by atoms with Crippen LogP contribution in [0.15, 0.2) is 17.6 Å². The smallest absolute Gasteiger partial charge is 0.255 e. The zero-order valence-corrected chi connectivity index (χ0v) is 12.5. The van der Waals surface area contributed by atoms with Crippen molar-refractivity contribution in [1.82, 2.24) is 19.8 Å². The van der Waals surface area contributed by atoms with Crippen molar-refractivity contribution in [3.05, 3.63) is 34.6 Å². The molecule has 5 nitrogen and oxygen atoms in total. The number of thiazole rings is 1. The minimum atomic E-state index is 0.127. The Hall–Kier alpha value is -1.66. The molecular formula is C14H18N4OS. The molecule has 0 bridgehead atoms. The topological polar surface area (TPSA) is 50.2 Å². The van der Waals surface area contributed by atoms with Gasteiger partial charge in [-0.15, -0.1) is 11.3 Å². The molecule has 2 aromatic heterocycles. The first-order valence-electron chi connectivity index (χ1n) is 6.77. The summed E-state index contributed by atoms with van der Waals surface area (Å²) in [6.45, 7) is 7.31. The van der Waals surface area contributed by atoms with Gasteiger partial charge in [-0.1, -0.05) is 0 Å². The van der Waals surface area contributed by atoms with Crippen molar-refractivity contribution in [2.24, 2.45) is 0 Å². The van der Waals surface area contributed by atoms with Gasteiger partial charge in [0.1, 0.15) is 0 Å². The van der Waals surface area contributed by atoms with Gasteiger partial charge in [-0.25, -0.2) is 4.98 Å². The van der Waals surface area contributed by atoms with Crippen LogP contribution in [-0.2, 0) is 0 Å². The summed E-state index contributed by atoms with van der Waals surface area (Å²) in [5.74, 6) is 0.127. The molecule has 3 heterocycles. The van der Waals surface area contributed by atoms with Crippen molar-refractivity contribution in [3.63, 3.8) is 0 Å². The maximum Gasteiger partial charge on any atom is 0.255 e. The van der Waals surface area contributed by atoms with Gasteiger partial charge in [0.05, 0.1) is 5.56 Å². The fourth-order valence-corrected chi connectivity index (χ4v) is 3.39. The number of hydrogen-bond donors (Lipinski definition) is 1. The number of piperazine rings is 1. The lowest BCUT2D eigenvalue weighted by atomic mass is 10.2. The van der Waals surface area contributed by atoms with Crippen LogP contribution in [0.4, 0.5) is 0 Å². The average Bonchev–Trinajstić information content (AvgIpc) is 3.07. The molecule has 0 unspecified atom stereocenters. The van der Waals surface area contributed by atoms with E-state index in [1.807, 2.05) is 30.2 Å². The van der Waals surface area contributed by atoms with Crippen molar-refractivity contribution in [1.29, 1.82) is 0 Å². The molecule has 1 saturated heterocycles. The maximum atomic E-state index is 12.6. The third-order valence-corrected chi connectivity index (χ3v) is 4.43. The molecule has 0 aromatic carbocycles. The van der Waals surface area contributed by atoms with Crippen LogP contribution >= 0.6 is 11.3 Å². The minimum absolute atomic E-state index is 0.127. The lowest BCUT2D eigenvalue weighted by molar-refractivity contribution is 0.0735. The van der Waals surface area contributed by atoms with Crippen LogP contribution < -0.4 is 5.32 Å². The summed E-state index contributed by atoms with van der Waals surface area (Å²) >= 11 is 1.58. The van der Waals surface area contributed by atoms with Crippen molar-refractivity contribution in [3.8, 4) is 5.13 Å². The number of hydrogen-bond acceptors (Lipinski definition) is 4. The molecule has 106 valence electrons. The Labute approximate surface area is 122 Å². The highest BCUT2D eigenvalue weighted by atomic mass is 32.1. The normalized spacial score (nSPS) is 15.6. The van der Waals surface area contributed by atoms with Crippen molar-refractivity contribution in [2.75, 3.05) is 26.2 Å². The van der Waals surface area contributed by atoms with E-state index in [1.54, 1.807) is 17.5 Å². The van der Waals surface area contributed by atoms with Crippen LogP contribution in [0.3, 0.4) is 0 Å². The maximum absolute atomic E-state index is 12.6. The van der Waals surface area contributed by atoms with E-state index in [-0.39, 0.29) is 5.91 Å². The fourth-order valence-electron chi connectivity index (χ4n) is 2.64. The van der Waals surface area contributed by atoms with Crippen LogP contribution in [0, 0.1) is 13.8 Å². The number of carbonyl (C=O) groups is 1. The summed E-state index contributed by atoms with van der Waals surface area (Å²) in [5.41, 5.74) is 2.82. The molecule has 0 saturated carbocycles. The van der Waals surface area contributed by atoms with Crippen LogP contribution in [0.5, 0.6) is 0 Å². The Morgan fingerprint density at radius 1 is 1.35 bits per heavy atom. The molecule has 1 fully saturated rings. The zero-order valence-electron chi connectivity index (χ0n) is 11.7. The van der Waals surface area contributed by atoms with E-state index in [2.05, 4.69) is 14.9 Å². The second-order valence-electron chi connectivity index (χ2n) is 4.98. The van der Waals surface area contributed by atoms with Gasteiger partial charge in [-0.05, 0) is 19.9 Å². The molecule has 1 N–H and O–H groups in total. The summed E-state index contributed by atoms with van der Waals surface area (Å²) in [7, 11) is 0. The SMILES string of the molecule is Cc1cc(C(=O)N2CCNCC2)c(C)n1-c1nccs1. The zero-order chi connectivity index (χ0) is 14.1. The first-order chi connectivity index (χ1) is 9.68. The minimum Gasteiger partial charge on any atom is -0.336 e. The summed E-state index contributed by atoms with van der Waals surface area (Å²) in [6.07, 6.45) is 1.79. The van der Waals surface area contributed by atoms with Crippen molar-refractivity contribution < 1.29 is 4.79 Å². The Kier molecular flexibility index (Phi) is 3.58. The number of aromatic nitrogens is 2. The molecule has 1 amide bonds. The highest BCUT2D eigenvalue weighted by Crippen LogP contribution is 2.23. The molecule has 0 radical (unpaired) electrons. The van der Waals surface area contributed by atoms with Gasteiger partial charge < -0.3 is 10.2 Å². The highest BCUT2D eigenvalue weighted by molar-refractivity contribution is 7.12. The first kappa shape index (κ1) is 13.3. The molecule has 2 aromatic rings. The number of rotatable bonds is 2. The second-order valence-corrected chi connectivity index (χ2v) is 5.85. The average molecular weight is 290 g/mol. The van der Waals surface area contributed by atoms with Gasteiger partial charge in [-0.2, -0.15) is 0 Å². The predicted molar refractivity (Wildman–Crippen MR) is 79.7 cm³/mol. The molecule has 0 aliphatic carbocycles. The summed E-state index contributed by atoms with van der Waals surface area (Å²) in [6, 6.07) is 1.97. The van der Waals surface area contributed by atoms with E-state index in [0.29, 0.717) is 0 Å². The Balaban J connectivity index is 1.95. The third kappa shape index (κ3) is 2.25. The number of carbonyl (C=O) groups excluding carboxylic acids is 1. The summed E-state index contributed by atoms with van der Waals surface area (Å²) in [5, 5.41) is 6.13. The van der Waals surface area contributed by atoms with Gasteiger partial charge in [0.2, 0.25) is 0 Å². The number of nitrogens with one attached hydrogen (secondary N) is 1. The second kappa shape index (κ2) is 5.38. The highest BCUT2D eigenvalue weighted by Gasteiger charge is 2.23. The van der Waals surface area contributed by atoms with Crippen LogP contribution in [0.2, 0.25) is 0 Å². The van der Waals surface area contributed by atoms with Crippen LogP contribution in [-0.4, -0.2) is 46.5 Å². The van der Waals surface area contributed by atoms with Gasteiger partial charge >= 0.3 is 0 Å². The van der Waals surface area contributed by atoms with Crippen molar-refractivity contribution >= 4 is 17.2 Å². The number of nitrogens with zero attached hydrogens (tertiary/aromatic N) is 3. The predicted octanol–water partition coefficient (Wildman–Crippen LogP) is 1.60. The van der Waals surface area contributed by atoms with E-state index in [0.717, 1.165) is 48.3 Å². The molecule has 1 aliphatic heterocycles. The van der Waals surface area contributed by atoms with E-state index in [9.17, 15) is 4.79 Å². The molecule has 6 heteroatoms. The van der Waals surface area contributed by atoms with Crippen molar-refractivity contribution in [2.45, 2.75) is 13.8 Å². The van der Waals surface area contributed by atoms with E-state index >= 15 is 0 Å². The first-order valence-corrected chi connectivity index (χ1v) is 7.65.